The molecule has 0 aromatic carbocycles. The molecule has 0 heterocycles. The topological polar surface area (TPSA) is 44.5 Å². The van der Waals surface area contributed by atoms with Gasteiger partial charge in [0.15, 0.2) is 0 Å². The standard InChI is InChI=1S/C6H15NO2/c1-5(7)6(2)9-4-8-3/h5-6H,4,7H2,1-3H3/t5-,6-/m0/s1. The molecule has 0 amide bonds. The Labute approximate surface area is 56.1 Å². The van der Waals surface area contributed by atoms with Crippen LogP contribution in [0.1, 0.15) is 13.8 Å². The first-order chi connectivity index (χ1) is 4.18. The smallest absolute Gasteiger partial charge is 0.146 e. The lowest BCUT2D eigenvalue weighted by molar-refractivity contribution is -0.0708. The van der Waals surface area contributed by atoms with E-state index in [0.29, 0.717) is 6.79 Å². The Kier molecular flexibility index (Phi) is 4.67. The van der Waals surface area contributed by atoms with Crippen LogP contribution in [0, 0.1) is 0 Å². The SMILES string of the molecule is COCO[C@@H](C)[C@H](C)N. The first kappa shape index (κ1) is 8.88. The molecule has 0 saturated carbocycles. The molecule has 0 spiro atoms. The number of ether oxygens (including phenoxy) is 2. The molecule has 0 aromatic rings. The first-order valence-electron chi connectivity index (χ1n) is 3.04. The quantitative estimate of drug-likeness (QED) is 0.562. The van der Waals surface area contributed by atoms with Crippen LogP contribution in [0.15, 0.2) is 0 Å². The molecule has 0 rings (SSSR count). The maximum atomic E-state index is 5.50. The van der Waals surface area contributed by atoms with Gasteiger partial charge in [-0.2, -0.15) is 0 Å². The van der Waals surface area contributed by atoms with Crippen molar-refractivity contribution in [1.29, 1.82) is 0 Å². The number of hydrogen-bond acceptors (Lipinski definition) is 3. The van der Waals surface area contributed by atoms with Crippen molar-refractivity contribution in [1.82, 2.24) is 0 Å². The van der Waals surface area contributed by atoms with Gasteiger partial charge in [-0.15, -0.1) is 0 Å². The van der Waals surface area contributed by atoms with Crippen molar-refractivity contribution < 1.29 is 9.47 Å². The molecule has 3 heteroatoms. The molecule has 0 saturated heterocycles. The molecule has 0 unspecified atom stereocenters. The summed E-state index contributed by atoms with van der Waals surface area (Å²) in [4.78, 5) is 0. The van der Waals surface area contributed by atoms with Crippen LogP contribution in [0.3, 0.4) is 0 Å². The molecule has 0 aromatic heterocycles. The summed E-state index contributed by atoms with van der Waals surface area (Å²) in [6.07, 6.45) is 0.0740. The molecule has 9 heavy (non-hydrogen) atoms. The van der Waals surface area contributed by atoms with E-state index in [9.17, 15) is 0 Å². The Morgan fingerprint density at radius 3 is 2.33 bits per heavy atom. The number of nitrogens with two attached hydrogens (primary N) is 1. The van der Waals surface area contributed by atoms with E-state index in [1.807, 2.05) is 13.8 Å². The van der Waals surface area contributed by atoms with Crippen LogP contribution >= 0.6 is 0 Å². The van der Waals surface area contributed by atoms with Gasteiger partial charge in [0, 0.05) is 13.2 Å². The summed E-state index contributed by atoms with van der Waals surface area (Å²) in [5.74, 6) is 0. The Balaban J connectivity index is 3.16. The predicted octanol–water partition coefficient (Wildman–Crippen LogP) is 0.343. The maximum absolute atomic E-state index is 5.50. The Bertz CT molecular complexity index is 66.1. The molecule has 56 valence electrons. The lowest BCUT2D eigenvalue weighted by Crippen LogP contribution is -2.31. The minimum atomic E-state index is 0.0696. The average molecular weight is 133 g/mol. The Morgan fingerprint density at radius 1 is 1.44 bits per heavy atom. The summed E-state index contributed by atoms with van der Waals surface area (Å²) in [6, 6.07) is 0.0696. The van der Waals surface area contributed by atoms with Gasteiger partial charge in [0.25, 0.3) is 0 Å². The third-order valence-electron chi connectivity index (χ3n) is 1.19. The van der Waals surface area contributed by atoms with Gasteiger partial charge < -0.3 is 15.2 Å². The lowest BCUT2D eigenvalue weighted by Gasteiger charge is -2.14. The summed E-state index contributed by atoms with van der Waals surface area (Å²) in [5.41, 5.74) is 5.50. The fourth-order valence-electron chi connectivity index (χ4n) is 0.327. The summed E-state index contributed by atoms with van der Waals surface area (Å²) in [6.45, 7) is 4.15. The van der Waals surface area contributed by atoms with E-state index in [4.69, 9.17) is 10.5 Å². The molecule has 3 nitrogen and oxygen atoms in total. The lowest BCUT2D eigenvalue weighted by atomic mass is 10.2. The third-order valence-corrected chi connectivity index (χ3v) is 1.19. The molecule has 0 radical (unpaired) electrons. The van der Waals surface area contributed by atoms with Gasteiger partial charge in [0.2, 0.25) is 0 Å². The van der Waals surface area contributed by atoms with Crippen molar-refractivity contribution in [2.75, 3.05) is 13.9 Å². The normalized spacial score (nSPS) is 17.3. The van der Waals surface area contributed by atoms with Gasteiger partial charge in [-0.3, -0.25) is 0 Å². The van der Waals surface area contributed by atoms with Crippen molar-refractivity contribution in [2.24, 2.45) is 5.73 Å². The van der Waals surface area contributed by atoms with Crippen molar-refractivity contribution in [3.05, 3.63) is 0 Å². The molecule has 2 N–H and O–H groups in total. The zero-order valence-electron chi connectivity index (χ0n) is 6.26. The van der Waals surface area contributed by atoms with Gasteiger partial charge >= 0.3 is 0 Å². The molecule has 0 bridgehead atoms. The molecule has 0 aliphatic rings. The largest absolute Gasteiger partial charge is 0.359 e. The first-order valence-corrected chi connectivity index (χ1v) is 3.04. The summed E-state index contributed by atoms with van der Waals surface area (Å²) >= 11 is 0. The van der Waals surface area contributed by atoms with Gasteiger partial charge in [-0.05, 0) is 13.8 Å². The fourth-order valence-corrected chi connectivity index (χ4v) is 0.327. The van der Waals surface area contributed by atoms with Gasteiger partial charge in [0.1, 0.15) is 6.79 Å². The van der Waals surface area contributed by atoms with Crippen molar-refractivity contribution in [3.63, 3.8) is 0 Å². The highest BCUT2D eigenvalue weighted by atomic mass is 16.7. The van der Waals surface area contributed by atoms with Crippen molar-refractivity contribution >= 4 is 0 Å². The van der Waals surface area contributed by atoms with Crippen LogP contribution < -0.4 is 5.73 Å². The molecule has 0 aliphatic heterocycles. The molecule has 2 atom stereocenters. The molecular weight excluding hydrogens is 118 g/mol. The number of methoxy groups -OCH3 is 1. The van der Waals surface area contributed by atoms with Crippen LogP contribution in [0.4, 0.5) is 0 Å². The average Bonchev–Trinajstić information content (AvgIpc) is 1.82. The van der Waals surface area contributed by atoms with Crippen LogP contribution in [-0.2, 0) is 9.47 Å². The zero-order chi connectivity index (χ0) is 7.28. The van der Waals surface area contributed by atoms with Crippen LogP contribution in [0.25, 0.3) is 0 Å². The Morgan fingerprint density at radius 2 is 2.00 bits per heavy atom. The fraction of sp³-hybridized carbons (Fsp3) is 1.00. The van der Waals surface area contributed by atoms with Crippen molar-refractivity contribution in [3.8, 4) is 0 Å². The minimum Gasteiger partial charge on any atom is -0.359 e. The second kappa shape index (κ2) is 4.73. The van der Waals surface area contributed by atoms with E-state index < -0.39 is 0 Å². The molecule has 0 fully saturated rings. The highest BCUT2D eigenvalue weighted by molar-refractivity contribution is 4.60. The van der Waals surface area contributed by atoms with E-state index in [-0.39, 0.29) is 12.1 Å². The predicted molar refractivity (Wildman–Crippen MR) is 36.1 cm³/mol. The van der Waals surface area contributed by atoms with E-state index in [0.717, 1.165) is 0 Å². The second-order valence-electron chi connectivity index (χ2n) is 2.14. The van der Waals surface area contributed by atoms with E-state index in [1.54, 1.807) is 7.11 Å². The van der Waals surface area contributed by atoms with Gasteiger partial charge in [-0.25, -0.2) is 0 Å². The van der Waals surface area contributed by atoms with Crippen molar-refractivity contribution in [2.45, 2.75) is 26.0 Å². The Hall–Kier alpha value is -0.120. The van der Waals surface area contributed by atoms with Gasteiger partial charge in [0.05, 0.1) is 6.10 Å². The maximum Gasteiger partial charge on any atom is 0.146 e. The van der Waals surface area contributed by atoms with Crippen LogP contribution in [0.5, 0.6) is 0 Å². The summed E-state index contributed by atoms with van der Waals surface area (Å²) < 4.78 is 9.79. The number of rotatable bonds is 4. The van der Waals surface area contributed by atoms with Crippen LogP contribution in [0.2, 0.25) is 0 Å². The monoisotopic (exact) mass is 133 g/mol. The summed E-state index contributed by atoms with van der Waals surface area (Å²) in [7, 11) is 1.59. The van der Waals surface area contributed by atoms with Crippen LogP contribution in [-0.4, -0.2) is 26.0 Å². The highest BCUT2D eigenvalue weighted by Crippen LogP contribution is 1.93. The van der Waals surface area contributed by atoms with Gasteiger partial charge in [-0.1, -0.05) is 0 Å². The molecule has 0 aliphatic carbocycles. The summed E-state index contributed by atoms with van der Waals surface area (Å²) in [5, 5.41) is 0. The van der Waals surface area contributed by atoms with E-state index in [1.165, 1.54) is 0 Å². The van der Waals surface area contributed by atoms with E-state index >= 15 is 0 Å². The second-order valence-corrected chi connectivity index (χ2v) is 2.14. The van der Waals surface area contributed by atoms with E-state index in [2.05, 4.69) is 4.74 Å². The minimum absolute atomic E-state index is 0.0696. The highest BCUT2D eigenvalue weighted by Gasteiger charge is 2.05. The number of hydrogen-bond donors (Lipinski definition) is 1. The third kappa shape index (κ3) is 4.39. The molecular formula is C6H15NO2. The zero-order valence-corrected chi connectivity index (χ0v) is 6.26.